The maximum atomic E-state index is 13.1. The molecule has 31 heavy (non-hydrogen) atoms. The van der Waals surface area contributed by atoms with Gasteiger partial charge in [-0.15, -0.1) is 0 Å². The third-order valence-electron chi connectivity index (χ3n) is 5.42. The van der Waals surface area contributed by atoms with Gasteiger partial charge in [-0.05, 0) is 37.7 Å². The van der Waals surface area contributed by atoms with Gasteiger partial charge >= 0.3 is 0 Å². The molecule has 0 radical (unpaired) electrons. The van der Waals surface area contributed by atoms with Crippen LogP contribution in [0.15, 0.2) is 70.5 Å². The first kappa shape index (κ1) is 19.7. The molecule has 3 aromatic heterocycles. The summed E-state index contributed by atoms with van der Waals surface area (Å²) in [6.45, 7) is 0.523. The van der Waals surface area contributed by atoms with Gasteiger partial charge in [-0.1, -0.05) is 23.4 Å². The van der Waals surface area contributed by atoms with E-state index < -0.39 is 10.0 Å². The van der Waals surface area contributed by atoms with E-state index in [1.807, 2.05) is 36.2 Å². The SMILES string of the molecule is CN1CC(NS(=O)(=O)c2cccc3cccnc23)CC1c1nc(-c2ccncc2)no1. The van der Waals surface area contributed by atoms with Crippen molar-refractivity contribution in [2.45, 2.75) is 23.4 Å². The molecule has 1 saturated heterocycles. The first-order chi connectivity index (χ1) is 15.0. The van der Waals surface area contributed by atoms with Crippen molar-refractivity contribution in [3.8, 4) is 11.4 Å². The lowest BCUT2D eigenvalue weighted by molar-refractivity contribution is 0.244. The number of rotatable bonds is 5. The van der Waals surface area contributed by atoms with Gasteiger partial charge in [0, 0.05) is 42.1 Å². The first-order valence-corrected chi connectivity index (χ1v) is 11.3. The fourth-order valence-corrected chi connectivity index (χ4v) is 5.36. The first-order valence-electron chi connectivity index (χ1n) is 9.81. The molecule has 0 saturated carbocycles. The van der Waals surface area contributed by atoms with Crippen LogP contribution in [0, 0.1) is 0 Å². The van der Waals surface area contributed by atoms with Crippen molar-refractivity contribution in [2.24, 2.45) is 0 Å². The minimum Gasteiger partial charge on any atom is -0.337 e. The molecule has 4 heterocycles. The number of pyridine rings is 2. The minimum absolute atomic E-state index is 0.175. The Kier molecular flexibility index (Phi) is 4.97. The number of nitrogens with zero attached hydrogens (tertiary/aromatic N) is 5. The van der Waals surface area contributed by atoms with Crippen molar-refractivity contribution in [2.75, 3.05) is 13.6 Å². The van der Waals surface area contributed by atoms with Crippen molar-refractivity contribution >= 4 is 20.9 Å². The zero-order valence-electron chi connectivity index (χ0n) is 16.7. The fourth-order valence-electron chi connectivity index (χ4n) is 3.94. The fraction of sp³-hybridized carbons (Fsp3) is 0.238. The van der Waals surface area contributed by atoms with Gasteiger partial charge in [0.1, 0.15) is 4.90 Å². The van der Waals surface area contributed by atoms with E-state index >= 15 is 0 Å². The van der Waals surface area contributed by atoms with Gasteiger partial charge in [0.05, 0.1) is 11.6 Å². The maximum Gasteiger partial charge on any atom is 0.244 e. The number of aromatic nitrogens is 4. The molecule has 1 aromatic carbocycles. The number of benzene rings is 1. The normalized spacial score (nSPS) is 19.8. The van der Waals surface area contributed by atoms with Gasteiger partial charge in [-0.2, -0.15) is 4.98 Å². The summed E-state index contributed by atoms with van der Waals surface area (Å²) in [5.41, 5.74) is 1.27. The predicted octanol–water partition coefficient (Wildman–Crippen LogP) is 2.40. The molecule has 5 rings (SSSR count). The lowest BCUT2D eigenvalue weighted by Gasteiger charge is -2.14. The summed E-state index contributed by atoms with van der Waals surface area (Å²) in [4.78, 5) is 15.0. The van der Waals surface area contributed by atoms with Gasteiger partial charge in [0.15, 0.2) is 0 Å². The van der Waals surface area contributed by atoms with Crippen LogP contribution in [0.2, 0.25) is 0 Å². The second-order valence-corrected chi connectivity index (χ2v) is 9.22. The zero-order valence-corrected chi connectivity index (χ0v) is 17.5. The molecule has 2 unspecified atom stereocenters. The van der Waals surface area contributed by atoms with Gasteiger partial charge in [-0.25, -0.2) is 13.1 Å². The highest BCUT2D eigenvalue weighted by Crippen LogP contribution is 2.32. The molecule has 158 valence electrons. The van der Waals surface area contributed by atoms with E-state index in [0.29, 0.717) is 30.2 Å². The lowest BCUT2D eigenvalue weighted by atomic mass is 10.2. The molecular formula is C21H20N6O3S. The number of hydrogen-bond donors (Lipinski definition) is 1. The maximum absolute atomic E-state index is 13.1. The highest BCUT2D eigenvalue weighted by Gasteiger charge is 2.37. The number of sulfonamides is 1. The standard InChI is InChI=1S/C21H20N6O3S/c1-27-13-16(12-17(27)21-24-20(25-30-21)15-7-10-22-11-8-15)26-31(28,29)18-6-2-4-14-5-3-9-23-19(14)18/h2-11,16-17,26H,12-13H2,1H3. The van der Waals surface area contributed by atoms with Crippen molar-refractivity contribution in [3.05, 3.63) is 66.9 Å². The third-order valence-corrected chi connectivity index (χ3v) is 6.97. The van der Waals surface area contributed by atoms with Crippen LogP contribution in [0.4, 0.5) is 0 Å². The van der Waals surface area contributed by atoms with E-state index in [1.54, 1.807) is 36.8 Å². The summed E-state index contributed by atoms with van der Waals surface area (Å²) in [6.07, 6.45) is 5.45. The average molecular weight is 436 g/mol. The molecule has 1 fully saturated rings. The summed E-state index contributed by atoms with van der Waals surface area (Å²) in [6, 6.07) is 11.9. The Morgan fingerprint density at radius 2 is 1.90 bits per heavy atom. The van der Waals surface area contributed by atoms with Gasteiger partial charge in [0.2, 0.25) is 21.7 Å². The van der Waals surface area contributed by atoms with Gasteiger partial charge in [-0.3, -0.25) is 14.9 Å². The summed E-state index contributed by atoms with van der Waals surface area (Å²) >= 11 is 0. The largest absolute Gasteiger partial charge is 0.337 e. The van der Waals surface area contributed by atoms with Crippen LogP contribution >= 0.6 is 0 Å². The van der Waals surface area contributed by atoms with E-state index in [-0.39, 0.29) is 17.0 Å². The lowest BCUT2D eigenvalue weighted by Crippen LogP contribution is -2.36. The van der Waals surface area contributed by atoms with E-state index in [4.69, 9.17) is 4.52 Å². The quantitative estimate of drug-likeness (QED) is 0.507. The molecule has 0 spiro atoms. The number of likely N-dealkylation sites (N-methyl/N-ethyl adjacent to an activating group) is 1. The van der Waals surface area contributed by atoms with E-state index in [2.05, 4.69) is 24.8 Å². The Hall–Kier alpha value is -3.21. The average Bonchev–Trinajstić information content (AvgIpc) is 3.40. The molecule has 2 atom stereocenters. The second-order valence-electron chi connectivity index (χ2n) is 7.53. The number of hydrogen-bond acceptors (Lipinski definition) is 8. The summed E-state index contributed by atoms with van der Waals surface area (Å²) in [5, 5.41) is 4.84. The molecule has 0 amide bonds. The molecule has 0 bridgehead atoms. The number of para-hydroxylation sites is 1. The highest BCUT2D eigenvalue weighted by molar-refractivity contribution is 7.89. The smallest absolute Gasteiger partial charge is 0.244 e. The topological polar surface area (TPSA) is 114 Å². The van der Waals surface area contributed by atoms with Gasteiger partial charge in [0.25, 0.3) is 0 Å². The zero-order chi connectivity index (χ0) is 21.4. The van der Waals surface area contributed by atoms with Crippen LogP contribution in [-0.4, -0.2) is 53.1 Å². The van der Waals surface area contributed by atoms with Crippen molar-refractivity contribution < 1.29 is 12.9 Å². The summed E-state index contributed by atoms with van der Waals surface area (Å²) < 4.78 is 34.5. The summed E-state index contributed by atoms with van der Waals surface area (Å²) in [5.74, 6) is 0.944. The predicted molar refractivity (Wildman–Crippen MR) is 113 cm³/mol. The molecule has 1 aliphatic rings. The molecule has 1 aliphatic heterocycles. The molecule has 10 heteroatoms. The molecular weight excluding hydrogens is 416 g/mol. The Morgan fingerprint density at radius 3 is 2.74 bits per heavy atom. The molecule has 9 nitrogen and oxygen atoms in total. The Labute approximate surface area is 179 Å². The van der Waals surface area contributed by atoms with Crippen LogP contribution in [0.1, 0.15) is 18.4 Å². The Bertz CT molecular complexity index is 1320. The van der Waals surface area contributed by atoms with E-state index in [0.717, 1.165) is 10.9 Å². The highest BCUT2D eigenvalue weighted by atomic mass is 32.2. The van der Waals surface area contributed by atoms with E-state index in [1.165, 1.54) is 0 Å². The second kappa shape index (κ2) is 7.80. The van der Waals surface area contributed by atoms with Crippen molar-refractivity contribution in [3.63, 3.8) is 0 Å². The third kappa shape index (κ3) is 3.80. The Balaban J connectivity index is 1.36. The molecule has 4 aromatic rings. The Morgan fingerprint density at radius 1 is 1.10 bits per heavy atom. The molecule has 1 N–H and O–H groups in total. The number of likely N-dealkylation sites (tertiary alicyclic amines) is 1. The van der Waals surface area contributed by atoms with Crippen molar-refractivity contribution in [1.82, 2.24) is 29.7 Å². The van der Waals surface area contributed by atoms with Crippen LogP contribution in [0.3, 0.4) is 0 Å². The van der Waals surface area contributed by atoms with Gasteiger partial charge < -0.3 is 4.52 Å². The number of fused-ring (bicyclic) bond motifs is 1. The summed E-state index contributed by atoms with van der Waals surface area (Å²) in [7, 11) is -1.84. The van der Waals surface area contributed by atoms with Crippen LogP contribution in [0.25, 0.3) is 22.3 Å². The van der Waals surface area contributed by atoms with Crippen LogP contribution < -0.4 is 4.72 Å². The van der Waals surface area contributed by atoms with E-state index in [9.17, 15) is 8.42 Å². The monoisotopic (exact) mass is 436 g/mol. The number of nitrogens with one attached hydrogen (secondary N) is 1. The molecule has 0 aliphatic carbocycles. The van der Waals surface area contributed by atoms with Crippen LogP contribution in [0.5, 0.6) is 0 Å². The minimum atomic E-state index is -3.75. The van der Waals surface area contributed by atoms with Crippen molar-refractivity contribution in [1.29, 1.82) is 0 Å². The van der Waals surface area contributed by atoms with Crippen LogP contribution in [-0.2, 0) is 10.0 Å².